The van der Waals surface area contributed by atoms with E-state index in [0.29, 0.717) is 35.0 Å². The molecule has 2 aromatic carbocycles. The third-order valence-electron chi connectivity index (χ3n) is 5.41. The highest BCUT2D eigenvalue weighted by Gasteiger charge is 2.23. The Morgan fingerprint density at radius 3 is 2.67 bits per heavy atom. The molecule has 33 heavy (non-hydrogen) atoms. The molecule has 4 rings (SSSR count). The summed E-state index contributed by atoms with van der Waals surface area (Å²) in [6.07, 6.45) is 0. The standard InChI is InChI=1S/C25H25FN4O3/c1-15-7-5-8-19(11-15)13-30-17(3)23(16(2)28-30)27-25(31)24-22(18(4)33-29-24)14-32-21-10-6-9-20(26)12-21/h5-12H,13-14H2,1-4H3,(H,27,31). The van der Waals surface area contributed by atoms with Crippen LogP contribution >= 0.6 is 0 Å². The number of nitrogens with one attached hydrogen (secondary N) is 1. The first-order valence-electron chi connectivity index (χ1n) is 10.6. The van der Waals surface area contributed by atoms with Gasteiger partial charge in [0.05, 0.1) is 29.2 Å². The highest BCUT2D eigenvalue weighted by Crippen LogP contribution is 2.24. The van der Waals surface area contributed by atoms with Crippen LogP contribution in [0.2, 0.25) is 0 Å². The van der Waals surface area contributed by atoms with Crippen molar-refractivity contribution in [3.05, 3.63) is 93.9 Å². The molecule has 0 aliphatic carbocycles. The zero-order chi connectivity index (χ0) is 23.5. The van der Waals surface area contributed by atoms with Gasteiger partial charge in [-0.2, -0.15) is 5.10 Å². The predicted octanol–water partition coefficient (Wildman–Crippen LogP) is 5.12. The number of hydrogen-bond donors (Lipinski definition) is 1. The van der Waals surface area contributed by atoms with Crippen LogP contribution < -0.4 is 10.1 Å². The van der Waals surface area contributed by atoms with E-state index in [-0.39, 0.29) is 12.3 Å². The highest BCUT2D eigenvalue weighted by molar-refractivity contribution is 6.04. The maximum atomic E-state index is 13.4. The van der Waals surface area contributed by atoms with Gasteiger partial charge >= 0.3 is 0 Å². The molecule has 0 fully saturated rings. The summed E-state index contributed by atoms with van der Waals surface area (Å²) in [4.78, 5) is 13.0. The van der Waals surface area contributed by atoms with Crippen LogP contribution in [0.15, 0.2) is 53.1 Å². The van der Waals surface area contributed by atoms with Crippen LogP contribution in [0.25, 0.3) is 0 Å². The van der Waals surface area contributed by atoms with Crippen molar-refractivity contribution < 1.29 is 18.4 Å². The first kappa shape index (κ1) is 22.3. The fourth-order valence-corrected chi connectivity index (χ4v) is 3.64. The topological polar surface area (TPSA) is 82.2 Å². The zero-order valence-electron chi connectivity index (χ0n) is 19.0. The summed E-state index contributed by atoms with van der Waals surface area (Å²) in [5.74, 6) is -0.0154. The van der Waals surface area contributed by atoms with Gasteiger partial charge in [-0.05, 0) is 45.4 Å². The minimum absolute atomic E-state index is 0.0200. The number of anilines is 1. The molecular weight excluding hydrogens is 423 g/mol. The Hall–Kier alpha value is -3.94. The monoisotopic (exact) mass is 448 g/mol. The smallest absolute Gasteiger partial charge is 0.278 e. The van der Waals surface area contributed by atoms with Crippen molar-refractivity contribution in [2.45, 2.75) is 40.8 Å². The molecule has 0 saturated carbocycles. The molecule has 0 bridgehead atoms. The molecule has 1 amide bonds. The molecule has 0 radical (unpaired) electrons. The maximum absolute atomic E-state index is 13.4. The van der Waals surface area contributed by atoms with Crippen LogP contribution in [0.3, 0.4) is 0 Å². The molecule has 7 nitrogen and oxygen atoms in total. The number of aryl methyl sites for hydroxylation is 3. The van der Waals surface area contributed by atoms with Crippen molar-refractivity contribution in [1.29, 1.82) is 0 Å². The van der Waals surface area contributed by atoms with Gasteiger partial charge in [-0.15, -0.1) is 0 Å². The summed E-state index contributed by atoms with van der Waals surface area (Å²) >= 11 is 0. The second kappa shape index (κ2) is 9.28. The SMILES string of the molecule is Cc1cccc(Cn2nc(C)c(NC(=O)c3noc(C)c3COc3cccc(F)c3)c2C)c1. The minimum Gasteiger partial charge on any atom is -0.489 e. The molecule has 0 spiro atoms. The number of carbonyl (C=O) groups excluding carboxylic acids is 1. The van der Waals surface area contributed by atoms with Crippen LogP contribution in [0.5, 0.6) is 5.75 Å². The molecule has 4 aromatic rings. The Bertz CT molecular complexity index is 1310. The largest absolute Gasteiger partial charge is 0.489 e. The number of rotatable bonds is 7. The van der Waals surface area contributed by atoms with Crippen molar-refractivity contribution >= 4 is 11.6 Å². The molecule has 2 aromatic heterocycles. The Morgan fingerprint density at radius 1 is 1.12 bits per heavy atom. The van der Waals surface area contributed by atoms with Crippen molar-refractivity contribution in [3.8, 4) is 5.75 Å². The first-order chi connectivity index (χ1) is 15.8. The van der Waals surface area contributed by atoms with E-state index in [1.807, 2.05) is 43.7 Å². The summed E-state index contributed by atoms with van der Waals surface area (Å²) in [5.41, 5.74) is 5.09. The number of nitrogens with zero attached hydrogens (tertiary/aromatic N) is 3. The summed E-state index contributed by atoms with van der Waals surface area (Å²) in [6, 6.07) is 14.0. The normalized spacial score (nSPS) is 10.9. The summed E-state index contributed by atoms with van der Waals surface area (Å²) in [5, 5.41) is 11.4. The van der Waals surface area contributed by atoms with Crippen LogP contribution in [-0.4, -0.2) is 20.8 Å². The van der Waals surface area contributed by atoms with E-state index in [1.165, 1.54) is 17.7 Å². The average Bonchev–Trinajstić information content (AvgIpc) is 3.26. The molecule has 0 saturated heterocycles. The second-order valence-electron chi connectivity index (χ2n) is 7.96. The van der Waals surface area contributed by atoms with E-state index in [0.717, 1.165) is 11.3 Å². The van der Waals surface area contributed by atoms with Gasteiger partial charge < -0.3 is 14.6 Å². The van der Waals surface area contributed by atoms with Gasteiger partial charge in [0, 0.05) is 6.07 Å². The number of benzene rings is 2. The van der Waals surface area contributed by atoms with E-state index < -0.39 is 11.7 Å². The Balaban J connectivity index is 1.51. The van der Waals surface area contributed by atoms with Gasteiger partial charge in [-0.1, -0.05) is 41.1 Å². The maximum Gasteiger partial charge on any atom is 0.278 e. The Morgan fingerprint density at radius 2 is 1.91 bits per heavy atom. The highest BCUT2D eigenvalue weighted by atomic mass is 19.1. The van der Waals surface area contributed by atoms with Crippen LogP contribution in [0.1, 0.15) is 44.3 Å². The Labute approximate surface area is 191 Å². The van der Waals surface area contributed by atoms with Gasteiger partial charge in [0.2, 0.25) is 0 Å². The molecule has 0 unspecified atom stereocenters. The number of amides is 1. The molecule has 1 N–H and O–H groups in total. The van der Waals surface area contributed by atoms with Crippen LogP contribution in [0.4, 0.5) is 10.1 Å². The number of halogens is 1. The molecule has 0 atom stereocenters. The third-order valence-corrected chi connectivity index (χ3v) is 5.41. The lowest BCUT2D eigenvalue weighted by Crippen LogP contribution is -2.16. The molecule has 2 heterocycles. The number of ether oxygens (including phenoxy) is 1. The average molecular weight is 448 g/mol. The van der Waals surface area contributed by atoms with Crippen molar-refractivity contribution in [2.24, 2.45) is 0 Å². The van der Waals surface area contributed by atoms with E-state index in [2.05, 4.69) is 21.6 Å². The van der Waals surface area contributed by atoms with Gasteiger partial charge in [0.1, 0.15) is 23.9 Å². The third kappa shape index (κ3) is 4.95. The van der Waals surface area contributed by atoms with Crippen molar-refractivity contribution in [1.82, 2.24) is 14.9 Å². The van der Waals surface area contributed by atoms with Crippen LogP contribution in [0, 0.1) is 33.5 Å². The number of aromatic nitrogens is 3. The van der Waals surface area contributed by atoms with Gasteiger partial charge in [-0.25, -0.2) is 4.39 Å². The van der Waals surface area contributed by atoms with Gasteiger partial charge in [-0.3, -0.25) is 9.48 Å². The first-order valence-corrected chi connectivity index (χ1v) is 10.6. The lowest BCUT2D eigenvalue weighted by atomic mass is 10.1. The van der Waals surface area contributed by atoms with E-state index >= 15 is 0 Å². The molecule has 8 heteroatoms. The van der Waals surface area contributed by atoms with E-state index in [4.69, 9.17) is 9.26 Å². The molecular formula is C25H25FN4O3. The molecule has 0 aliphatic heterocycles. The minimum atomic E-state index is -0.425. The fourth-order valence-electron chi connectivity index (χ4n) is 3.64. The number of hydrogen-bond acceptors (Lipinski definition) is 5. The summed E-state index contributed by atoms with van der Waals surface area (Å²) in [7, 11) is 0. The quantitative estimate of drug-likeness (QED) is 0.424. The van der Waals surface area contributed by atoms with E-state index in [1.54, 1.807) is 19.1 Å². The predicted molar refractivity (Wildman–Crippen MR) is 122 cm³/mol. The van der Waals surface area contributed by atoms with Crippen molar-refractivity contribution in [2.75, 3.05) is 5.32 Å². The molecule has 0 aliphatic rings. The summed E-state index contributed by atoms with van der Waals surface area (Å²) < 4.78 is 26.2. The lowest BCUT2D eigenvalue weighted by Gasteiger charge is -2.09. The van der Waals surface area contributed by atoms with Gasteiger partial charge in [0.25, 0.3) is 5.91 Å². The zero-order valence-corrected chi connectivity index (χ0v) is 19.0. The Kier molecular flexibility index (Phi) is 6.26. The van der Waals surface area contributed by atoms with Crippen molar-refractivity contribution in [3.63, 3.8) is 0 Å². The summed E-state index contributed by atoms with van der Waals surface area (Å²) in [6.45, 7) is 8.12. The second-order valence-corrected chi connectivity index (χ2v) is 7.96. The number of carbonyl (C=O) groups is 1. The van der Waals surface area contributed by atoms with E-state index in [9.17, 15) is 9.18 Å². The van der Waals surface area contributed by atoms with Gasteiger partial charge in [0.15, 0.2) is 5.69 Å². The van der Waals surface area contributed by atoms with Crippen LogP contribution in [-0.2, 0) is 13.2 Å². The lowest BCUT2D eigenvalue weighted by molar-refractivity contribution is 0.101. The molecule has 170 valence electrons. The fraction of sp³-hybridized carbons (Fsp3) is 0.240.